The predicted molar refractivity (Wildman–Crippen MR) is 162 cm³/mol. The van der Waals surface area contributed by atoms with Gasteiger partial charge in [0.05, 0.1) is 36.8 Å². The van der Waals surface area contributed by atoms with E-state index in [1.165, 1.54) is 23.3 Å². The van der Waals surface area contributed by atoms with Gasteiger partial charge in [-0.05, 0) is 48.4 Å². The van der Waals surface area contributed by atoms with Crippen molar-refractivity contribution in [3.05, 3.63) is 45.5 Å². The number of thiophene rings is 1. The number of hydrogen-bond donors (Lipinski definition) is 1. The number of ketones is 1. The molecule has 2 heterocycles. The molecule has 1 N–H and O–H groups in total. The Labute approximate surface area is 255 Å². The molecule has 4 aromatic rings. The SMILES string of the molecule is COc1cc2sc(C(=O)N(C)CCC=O)cc2cc1CCCCOc1c(OC)cc2sc(C(=O)CCC(=O)O)nc2c1F. The molecule has 4 rings (SSSR count). The van der Waals surface area contributed by atoms with Crippen molar-refractivity contribution in [3.8, 4) is 17.2 Å². The maximum atomic E-state index is 15.4. The van der Waals surface area contributed by atoms with Crippen LogP contribution >= 0.6 is 22.7 Å². The number of thiazole rings is 1. The summed E-state index contributed by atoms with van der Waals surface area (Å²) in [5.41, 5.74) is 0.940. The second kappa shape index (κ2) is 14.4. The number of hydrogen-bond acceptors (Lipinski definition) is 10. The van der Waals surface area contributed by atoms with Crippen LogP contribution in [0.1, 0.15) is 57.1 Å². The minimum Gasteiger partial charge on any atom is -0.496 e. The van der Waals surface area contributed by atoms with Crippen LogP contribution in [0.3, 0.4) is 0 Å². The number of aliphatic carboxylic acids is 1. The number of amides is 1. The highest BCUT2D eigenvalue weighted by Crippen LogP contribution is 2.39. The first kappa shape index (κ1) is 31.8. The first-order chi connectivity index (χ1) is 20.7. The minimum absolute atomic E-state index is 0.0268. The lowest BCUT2D eigenvalue weighted by atomic mass is 10.1. The van der Waals surface area contributed by atoms with Crippen LogP contribution in [0, 0.1) is 5.82 Å². The van der Waals surface area contributed by atoms with Crippen LogP contribution in [0.5, 0.6) is 17.2 Å². The molecule has 0 spiro atoms. The van der Waals surface area contributed by atoms with Crippen molar-refractivity contribution in [1.82, 2.24) is 9.88 Å². The smallest absolute Gasteiger partial charge is 0.303 e. The molecule has 0 aliphatic carbocycles. The Morgan fingerprint density at radius 2 is 1.77 bits per heavy atom. The molecule has 228 valence electrons. The molecule has 0 aliphatic heterocycles. The van der Waals surface area contributed by atoms with Gasteiger partial charge in [-0.3, -0.25) is 14.4 Å². The van der Waals surface area contributed by atoms with E-state index in [0.29, 0.717) is 41.1 Å². The Morgan fingerprint density at radius 3 is 2.47 bits per heavy atom. The third-order valence-electron chi connectivity index (χ3n) is 6.72. The van der Waals surface area contributed by atoms with Crippen LogP contribution < -0.4 is 14.2 Å². The minimum atomic E-state index is -1.10. The van der Waals surface area contributed by atoms with Gasteiger partial charge < -0.3 is 29.0 Å². The van der Waals surface area contributed by atoms with Gasteiger partial charge in [-0.1, -0.05) is 0 Å². The van der Waals surface area contributed by atoms with E-state index in [2.05, 4.69) is 4.98 Å². The van der Waals surface area contributed by atoms with E-state index in [4.69, 9.17) is 19.3 Å². The number of aromatic nitrogens is 1. The van der Waals surface area contributed by atoms with E-state index in [0.717, 1.165) is 33.3 Å². The molecule has 0 fully saturated rings. The summed E-state index contributed by atoms with van der Waals surface area (Å²) in [5, 5.41) is 9.78. The summed E-state index contributed by atoms with van der Waals surface area (Å²) >= 11 is 2.35. The Hall–Kier alpha value is -4.10. The molecule has 10 nitrogen and oxygen atoms in total. The van der Waals surface area contributed by atoms with Gasteiger partial charge in [-0.2, -0.15) is 0 Å². The fourth-order valence-corrected chi connectivity index (χ4v) is 6.48. The molecule has 1 amide bonds. The molecule has 0 unspecified atom stereocenters. The van der Waals surface area contributed by atoms with Gasteiger partial charge in [0, 0.05) is 37.2 Å². The zero-order valence-electron chi connectivity index (χ0n) is 23.9. The number of carbonyl (C=O) groups excluding carboxylic acids is 3. The number of aldehydes is 1. The molecular weight excluding hydrogens is 599 g/mol. The molecule has 43 heavy (non-hydrogen) atoms. The second-order valence-corrected chi connectivity index (χ2v) is 11.8. The van der Waals surface area contributed by atoms with Gasteiger partial charge in [0.2, 0.25) is 0 Å². The number of methoxy groups -OCH3 is 2. The quantitative estimate of drug-likeness (QED) is 0.0930. The Bertz CT molecular complexity index is 1670. The number of unbranched alkanes of at least 4 members (excludes halogenated alkanes) is 1. The molecular formula is C30H31FN2O8S2. The zero-order chi connectivity index (χ0) is 31.1. The summed E-state index contributed by atoms with van der Waals surface area (Å²) in [5.74, 6) is -1.66. The van der Waals surface area contributed by atoms with Crippen LogP contribution in [0.4, 0.5) is 4.39 Å². The number of nitrogens with zero attached hydrogens (tertiary/aromatic N) is 2. The highest BCUT2D eigenvalue weighted by Gasteiger charge is 2.22. The van der Waals surface area contributed by atoms with Gasteiger partial charge >= 0.3 is 5.97 Å². The average Bonchev–Trinajstić information content (AvgIpc) is 3.62. The molecule has 0 bridgehead atoms. The molecule has 0 saturated carbocycles. The van der Waals surface area contributed by atoms with Crippen molar-refractivity contribution >= 4 is 66.9 Å². The number of carboxylic acids is 1. The topological polar surface area (TPSA) is 132 Å². The van der Waals surface area contributed by atoms with Crippen molar-refractivity contribution in [3.63, 3.8) is 0 Å². The summed E-state index contributed by atoms with van der Waals surface area (Å²) < 4.78 is 33.4. The van der Waals surface area contributed by atoms with E-state index in [9.17, 15) is 19.2 Å². The Morgan fingerprint density at radius 1 is 1.02 bits per heavy atom. The number of fused-ring (bicyclic) bond motifs is 2. The number of rotatable bonds is 16. The number of carboxylic acid groups (broad SMARTS) is 1. The number of carbonyl (C=O) groups is 4. The van der Waals surface area contributed by atoms with Crippen molar-refractivity contribution in [2.75, 3.05) is 34.4 Å². The zero-order valence-corrected chi connectivity index (χ0v) is 25.6. The maximum Gasteiger partial charge on any atom is 0.303 e. The Balaban J connectivity index is 1.40. The largest absolute Gasteiger partial charge is 0.496 e. The average molecular weight is 631 g/mol. The van der Waals surface area contributed by atoms with Crippen molar-refractivity contribution < 1.29 is 42.9 Å². The summed E-state index contributed by atoms with van der Waals surface area (Å²) in [6.45, 7) is 0.554. The summed E-state index contributed by atoms with van der Waals surface area (Å²) in [6.07, 6.45) is 2.48. The van der Waals surface area contributed by atoms with Gasteiger partial charge in [0.25, 0.3) is 5.91 Å². The fourth-order valence-electron chi connectivity index (χ4n) is 4.45. The lowest BCUT2D eigenvalue weighted by Crippen LogP contribution is -2.27. The highest BCUT2D eigenvalue weighted by molar-refractivity contribution is 7.21. The van der Waals surface area contributed by atoms with E-state index in [-0.39, 0.29) is 53.8 Å². The summed E-state index contributed by atoms with van der Waals surface area (Å²) in [4.78, 5) is 52.7. The molecule has 2 aromatic carbocycles. The van der Waals surface area contributed by atoms with Crippen LogP contribution in [-0.2, 0) is 16.0 Å². The summed E-state index contributed by atoms with van der Waals surface area (Å²) in [6, 6.07) is 7.32. The second-order valence-electron chi connectivity index (χ2n) is 9.70. The number of halogens is 1. The molecule has 0 radical (unpaired) electrons. The van der Waals surface area contributed by atoms with E-state index < -0.39 is 17.6 Å². The molecule has 0 saturated heterocycles. The molecule has 0 aliphatic rings. The van der Waals surface area contributed by atoms with Crippen LogP contribution in [-0.4, -0.2) is 73.4 Å². The lowest BCUT2D eigenvalue weighted by molar-refractivity contribution is -0.137. The third-order valence-corrected chi connectivity index (χ3v) is 8.85. The van der Waals surface area contributed by atoms with Crippen molar-refractivity contribution in [2.45, 2.75) is 38.5 Å². The number of aryl methyl sites for hydroxylation is 1. The van der Waals surface area contributed by atoms with E-state index in [1.54, 1.807) is 20.2 Å². The van der Waals surface area contributed by atoms with Gasteiger partial charge in [0.1, 0.15) is 17.6 Å². The van der Waals surface area contributed by atoms with E-state index in [1.807, 2.05) is 18.2 Å². The number of Topliss-reactive ketones (excluding diaryl/α,β-unsaturated/α-hetero) is 1. The molecule has 2 aromatic heterocycles. The van der Waals surface area contributed by atoms with Gasteiger partial charge in [-0.25, -0.2) is 9.37 Å². The number of benzene rings is 2. The lowest BCUT2D eigenvalue weighted by Gasteiger charge is -2.13. The first-order valence-electron chi connectivity index (χ1n) is 13.5. The standard InChI is InChI=1S/C30H31FN2O8S2/c1-33(10-6-11-34)30(38)24-14-18-13-17(20(39-2)15-22(18)42-24)7-4-5-12-41-28-21(40-3)16-23-27(26(28)31)32-29(43-23)19(35)8-9-25(36)37/h11,13-16H,4-10,12H2,1-3H3,(H,36,37). The maximum absolute atomic E-state index is 15.4. The van der Waals surface area contributed by atoms with E-state index >= 15 is 4.39 Å². The normalized spacial score (nSPS) is 11.1. The predicted octanol–water partition coefficient (Wildman–Crippen LogP) is 5.78. The fraction of sp³-hybridized carbons (Fsp3) is 0.367. The summed E-state index contributed by atoms with van der Waals surface area (Å²) in [7, 11) is 4.65. The monoisotopic (exact) mass is 630 g/mol. The van der Waals surface area contributed by atoms with Crippen molar-refractivity contribution in [1.29, 1.82) is 0 Å². The van der Waals surface area contributed by atoms with Crippen LogP contribution in [0.25, 0.3) is 20.3 Å². The van der Waals surface area contributed by atoms with Gasteiger partial charge in [0.15, 0.2) is 28.1 Å². The number of ether oxygens (including phenoxy) is 3. The third kappa shape index (κ3) is 7.46. The first-order valence-corrected chi connectivity index (χ1v) is 15.1. The van der Waals surface area contributed by atoms with Crippen molar-refractivity contribution in [2.24, 2.45) is 0 Å². The Kier molecular flexibility index (Phi) is 10.6. The van der Waals surface area contributed by atoms with Gasteiger partial charge in [-0.15, -0.1) is 22.7 Å². The molecule has 0 atom stereocenters. The highest BCUT2D eigenvalue weighted by atomic mass is 32.1. The molecule has 13 heteroatoms. The van der Waals surface area contributed by atoms with Crippen LogP contribution in [0.2, 0.25) is 0 Å². The van der Waals surface area contributed by atoms with Crippen LogP contribution in [0.15, 0.2) is 24.3 Å².